The predicted octanol–water partition coefficient (Wildman–Crippen LogP) is 4.05. The molecule has 2 aliphatic carbocycles. The highest BCUT2D eigenvalue weighted by molar-refractivity contribution is 8.03. The Labute approximate surface area is 106 Å². The molecule has 1 aromatic carbocycles. The highest BCUT2D eigenvalue weighted by atomic mass is 32.2. The summed E-state index contributed by atoms with van der Waals surface area (Å²) in [5.41, 5.74) is 1.46. The number of hydrogen-bond acceptors (Lipinski definition) is 2. The van der Waals surface area contributed by atoms with Crippen molar-refractivity contribution in [2.24, 2.45) is 11.8 Å². The van der Waals surface area contributed by atoms with Gasteiger partial charge in [-0.25, -0.2) is 0 Å². The zero-order valence-corrected chi connectivity index (χ0v) is 10.8. The highest BCUT2D eigenvalue weighted by Gasteiger charge is 2.44. The summed E-state index contributed by atoms with van der Waals surface area (Å²) in [5.74, 6) is 1.25. The van der Waals surface area contributed by atoms with Gasteiger partial charge in [-0.15, -0.1) is 0 Å². The van der Waals surface area contributed by atoms with Crippen LogP contribution in [0.15, 0.2) is 45.7 Å². The summed E-state index contributed by atoms with van der Waals surface area (Å²) in [7, 11) is 0. The molecule has 0 spiro atoms. The van der Waals surface area contributed by atoms with E-state index in [0.29, 0.717) is 11.7 Å². The van der Waals surface area contributed by atoms with Crippen LogP contribution < -0.4 is 0 Å². The molecule has 0 heterocycles. The second kappa shape index (κ2) is 4.34. The first-order valence-corrected chi connectivity index (χ1v) is 7.05. The maximum absolute atomic E-state index is 12.0. The van der Waals surface area contributed by atoms with Gasteiger partial charge in [0.1, 0.15) is 5.78 Å². The van der Waals surface area contributed by atoms with E-state index in [4.69, 9.17) is 0 Å². The van der Waals surface area contributed by atoms with Gasteiger partial charge in [0.25, 0.3) is 0 Å². The van der Waals surface area contributed by atoms with Crippen molar-refractivity contribution in [3.8, 4) is 0 Å². The quantitative estimate of drug-likeness (QED) is 0.780. The van der Waals surface area contributed by atoms with Crippen molar-refractivity contribution < 1.29 is 4.79 Å². The molecular formula is C15H16OS. The monoisotopic (exact) mass is 244 g/mol. The first-order valence-electron chi connectivity index (χ1n) is 6.23. The van der Waals surface area contributed by atoms with E-state index in [0.717, 1.165) is 12.8 Å². The van der Waals surface area contributed by atoms with E-state index in [1.807, 2.05) is 6.07 Å². The van der Waals surface area contributed by atoms with Crippen LogP contribution in [0.5, 0.6) is 0 Å². The largest absolute Gasteiger partial charge is 0.299 e. The molecule has 88 valence electrons. The highest BCUT2D eigenvalue weighted by Crippen LogP contribution is 2.53. The molecule has 1 nitrogen and oxygen atoms in total. The summed E-state index contributed by atoms with van der Waals surface area (Å²) in [6.45, 7) is 2.20. The second-order valence-corrected chi connectivity index (χ2v) is 6.02. The maximum atomic E-state index is 12.0. The van der Waals surface area contributed by atoms with Gasteiger partial charge in [0, 0.05) is 16.2 Å². The summed E-state index contributed by atoms with van der Waals surface area (Å²) >= 11 is 1.79. The van der Waals surface area contributed by atoms with E-state index >= 15 is 0 Å². The van der Waals surface area contributed by atoms with Crippen molar-refractivity contribution in [2.45, 2.75) is 31.1 Å². The second-order valence-electron chi connectivity index (χ2n) is 4.91. The minimum absolute atomic E-state index is 0.231. The van der Waals surface area contributed by atoms with Crippen LogP contribution in [0.25, 0.3) is 0 Å². The van der Waals surface area contributed by atoms with E-state index in [1.165, 1.54) is 21.8 Å². The SMILES string of the molecule is CC1=C(Sc2ccccc2)[C@H]2C(=O)CCC[C@@H]12. The third kappa shape index (κ3) is 1.85. The van der Waals surface area contributed by atoms with Crippen LogP contribution in [0.4, 0.5) is 0 Å². The number of rotatable bonds is 2. The van der Waals surface area contributed by atoms with E-state index < -0.39 is 0 Å². The molecular weight excluding hydrogens is 228 g/mol. The molecule has 1 aromatic rings. The summed E-state index contributed by atoms with van der Waals surface area (Å²) in [4.78, 5) is 14.5. The third-order valence-corrected chi connectivity index (χ3v) is 5.19. The van der Waals surface area contributed by atoms with Crippen molar-refractivity contribution >= 4 is 17.5 Å². The molecule has 0 aliphatic heterocycles. The number of hydrogen-bond donors (Lipinski definition) is 0. The smallest absolute Gasteiger partial charge is 0.141 e. The third-order valence-electron chi connectivity index (χ3n) is 3.89. The normalized spacial score (nSPS) is 27.7. The molecule has 17 heavy (non-hydrogen) atoms. The molecule has 0 aromatic heterocycles. The van der Waals surface area contributed by atoms with Gasteiger partial charge in [-0.3, -0.25) is 4.79 Å². The van der Waals surface area contributed by atoms with Crippen molar-refractivity contribution in [3.05, 3.63) is 40.8 Å². The van der Waals surface area contributed by atoms with E-state index in [-0.39, 0.29) is 5.92 Å². The summed E-state index contributed by atoms with van der Waals surface area (Å²) in [6.07, 6.45) is 3.08. The van der Waals surface area contributed by atoms with Gasteiger partial charge in [-0.2, -0.15) is 0 Å². The minimum Gasteiger partial charge on any atom is -0.299 e. The Hall–Kier alpha value is -1.02. The lowest BCUT2D eigenvalue weighted by Gasteiger charge is -2.42. The summed E-state index contributed by atoms with van der Waals surface area (Å²) in [6, 6.07) is 10.4. The van der Waals surface area contributed by atoms with Crippen molar-refractivity contribution in [1.29, 1.82) is 0 Å². The average molecular weight is 244 g/mol. The first kappa shape index (κ1) is 11.1. The fourth-order valence-corrected chi connectivity index (χ4v) is 4.21. The van der Waals surface area contributed by atoms with Crippen LogP contribution in [0.1, 0.15) is 26.2 Å². The topological polar surface area (TPSA) is 17.1 Å². The lowest BCUT2D eigenvalue weighted by molar-refractivity contribution is -0.125. The van der Waals surface area contributed by atoms with Gasteiger partial charge in [0.15, 0.2) is 0 Å². The Morgan fingerprint density at radius 3 is 2.76 bits per heavy atom. The number of benzene rings is 1. The van der Waals surface area contributed by atoms with Crippen molar-refractivity contribution in [3.63, 3.8) is 0 Å². The van der Waals surface area contributed by atoms with Crippen LogP contribution in [0, 0.1) is 11.8 Å². The van der Waals surface area contributed by atoms with E-state index in [1.54, 1.807) is 11.8 Å². The lowest BCUT2D eigenvalue weighted by atomic mass is 9.66. The Morgan fingerprint density at radius 1 is 1.24 bits per heavy atom. The molecule has 3 rings (SSSR count). The number of thioether (sulfide) groups is 1. The zero-order chi connectivity index (χ0) is 11.8. The molecule has 2 heteroatoms. The van der Waals surface area contributed by atoms with E-state index in [9.17, 15) is 4.79 Å². The summed E-state index contributed by atoms with van der Waals surface area (Å²) in [5, 5.41) is 0. The van der Waals surface area contributed by atoms with Crippen LogP contribution in [-0.4, -0.2) is 5.78 Å². The molecule has 1 fully saturated rings. The fourth-order valence-electron chi connectivity index (χ4n) is 2.93. The van der Waals surface area contributed by atoms with Crippen LogP contribution in [-0.2, 0) is 4.79 Å². The van der Waals surface area contributed by atoms with Crippen LogP contribution in [0.3, 0.4) is 0 Å². The summed E-state index contributed by atoms with van der Waals surface area (Å²) < 4.78 is 0. The van der Waals surface area contributed by atoms with Crippen LogP contribution in [0.2, 0.25) is 0 Å². The first-order chi connectivity index (χ1) is 8.27. The number of Topliss-reactive ketones (excluding diaryl/α,β-unsaturated/α-hetero) is 1. The maximum Gasteiger partial charge on any atom is 0.141 e. The molecule has 1 saturated carbocycles. The Balaban J connectivity index is 1.84. The lowest BCUT2D eigenvalue weighted by Crippen LogP contribution is -2.38. The standard InChI is InChI=1S/C15H16OS/c1-10-12-8-5-9-13(16)14(12)15(10)17-11-6-3-2-4-7-11/h2-4,6-7,12,14H,5,8-9H2,1H3/t12-,14+/m0/s1. The molecule has 2 aliphatic rings. The Bertz CT molecular complexity index is 475. The van der Waals surface area contributed by atoms with Gasteiger partial charge < -0.3 is 0 Å². The van der Waals surface area contributed by atoms with Gasteiger partial charge in [0.2, 0.25) is 0 Å². The average Bonchev–Trinajstić information content (AvgIpc) is 2.37. The molecule has 0 saturated heterocycles. The molecule has 0 bridgehead atoms. The molecule has 0 amide bonds. The van der Waals surface area contributed by atoms with Gasteiger partial charge >= 0.3 is 0 Å². The van der Waals surface area contributed by atoms with E-state index in [2.05, 4.69) is 31.2 Å². The molecule has 2 atom stereocenters. The number of ketones is 1. The number of allylic oxidation sites excluding steroid dienone is 2. The molecule has 0 radical (unpaired) electrons. The fraction of sp³-hybridized carbons (Fsp3) is 0.400. The van der Waals surface area contributed by atoms with Gasteiger partial charge in [-0.05, 0) is 37.8 Å². The predicted molar refractivity (Wildman–Crippen MR) is 70.8 cm³/mol. The Kier molecular flexibility index (Phi) is 2.83. The molecule has 0 unspecified atom stereocenters. The zero-order valence-electron chi connectivity index (χ0n) is 9.98. The molecule has 0 N–H and O–H groups in total. The van der Waals surface area contributed by atoms with Crippen molar-refractivity contribution in [2.75, 3.05) is 0 Å². The van der Waals surface area contributed by atoms with Gasteiger partial charge in [-0.1, -0.05) is 35.5 Å². The van der Waals surface area contributed by atoms with Gasteiger partial charge in [0.05, 0.1) is 5.92 Å². The van der Waals surface area contributed by atoms with Crippen molar-refractivity contribution in [1.82, 2.24) is 0 Å². The Morgan fingerprint density at radius 2 is 2.00 bits per heavy atom. The number of carbonyl (C=O) groups is 1. The van der Waals surface area contributed by atoms with Crippen LogP contribution >= 0.6 is 11.8 Å². The number of fused-ring (bicyclic) bond motifs is 1. The number of carbonyl (C=O) groups excluding carboxylic acids is 1. The minimum atomic E-state index is 0.231.